The number of carbonyl (C=O) groups is 2. The number of nitrogens with one attached hydrogen (secondary N) is 1. The molecule has 0 aliphatic heterocycles. The molecule has 5 N–H and O–H groups in total. The summed E-state index contributed by atoms with van der Waals surface area (Å²) in [5.41, 5.74) is 16.5. The second-order valence-corrected chi connectivity index (χ2v) is 9.78. The maximum absolute atomic E-state index is 13.2. The first-order chi connectivity index (χ1) is 16.0. The summed E-state index contributed by atoms with van der Waals surface area (Å²) in [6.45, 7) is 0. The molecule has 9 heteroatoms. The quantitative estimate of drug-likeness (QED) is 0.379. The molecule has 3 heterocycles. The van der Waals surface area contributed by atoms with Crippen molar-refractivity contribution < 1.29 is 14.3 Å². The number of thiophene rings is 2. The Morgan fingerprint density at radius 3 is 2.64 bits per heavy atom. The molecule has 2 amide bonds. The number of hydrogen-bond acceptors (Lipinski definition) is 7. The number of rotatable bonds is 5. The lowest BCUT2D eigenvalue weighted by Crippen LogP contribution is -2.17. The van der Waals surface area contributed by atoms with Gasteiger partial charge in [0.1, 0.15) is 20.5 Å². The summed E-state index contributed by atoms with van der Waals surface area (Å²) >= 11 is 2.52. The van der Waals surface area contributed by atoms with Crippen LogP contribution in [0.3, 0.4) is 0 Å². The molecular formula is C24H22N4O3S2. The molecule has 0 spiro atoms. The molecule has 4 aromatic rings. The van der Waals surface area contributed by atoms with E-state index in [1.165, 1.54) is 28.2 Å². The molecule has 168 valence electrons. The second kappa shape index (κ2) is 8.49. The van der Waals surface area contributed by atoms with Gasteiger partial charge in [-0.2, -0.15) is 0 Å². The number of methoxy groups -OCH3 is 1. The van der Waals surface area contributed by atoms with E-state index < -0.39 is 5.91 Å². The van der Waals surface area contributed by atoms with Crippen LogP contribution in [-0.2, 0) is 12.8 Å². The van der Waals surface area contributed by atoms with Crippen LogP contribution in [0.2, 0.25) is 0 Å². The maximum atomic E-state index is 13.2. The Balaban J connectivity index is 1.48. The molecule has 0 unspecified atom stereocenters. The van der Waals surface area contributed by atoms with Crippen LogP contribution in [0.4, 0.5) is 10.7 Å². The van der Waals surface area contributed by atoms with E-state index in [1.54, 1.807) is 24.6 Å². The van der Waals surface area contributed by atoms with E-state index in [4.69, 9.17) is 21.2 Å². The summed E-state index contributed by atoms with van der Waals surface area (Å²) in [7, 11) is 1.59. The Kier molecular flexibility index (Phi) is 5.51. The fourth-order valence-electron chi connectivity index (χ4n) is 4.17. The Hall–Kier alpha value is -3.43. The van der Waals surface area contributed by atoms with Crippen molar-refractivity contribution in [2.75, 3.05) is 18.2 Å². The summed E-state index contributed by atoms with van der Waals surface area (Å²) in [4.78, 5) is 31.4. The van der Waals surface area contributed by atoms with Crippen LogP contribution in [-0.4, -0.2) is 23.9 Å². The minimum atomic E-state index is -0.615. The number of primary amides is 1. The molecule has 1 aliphatic carbocycles. The van der Waals surface area contributed by atoms with Crippen molar-refractivity contribution in [1.82, 2.24) is 4.98 Å². The highest BCUT2D eigenvalue weighted by atomic mass is 32.1. The summed E-state index contributed by atoms with van der Waals surface area (Å²) < 4.78 is 5.20. The van der Waals surface area contributed by atoms with Gasteiger partial charge in [-0.1, -0.05) is 12.1 Å². The first-order valence-corrected chi connectivity index (χ1v) is 12.2. The molecule has 0 atom stereocenters. The Labute approximate surface area is 198 Å². The topological polar surface area (TPSA) is 120 Å². The van der Waals surface area contributed by atoms with Gasteiger partial charge in [0.15, 0.2) is 0 Å². The number of pyridine rings is 1. The van der Waals surface area contributed by atoms with Gasteiger partial charge in [0, 0.05) is 22.0 Å². The predicted octanol–water partition coefficient (Wildman–Crippen LogP) is 4.85. The zero-order valence-electron chi connectivity index (χ0n) is 17.9. The van der Waals surface area contributed by atoms with Gasteiger partial charge >= 0.3 is 0 Å². The average molecular weight is 479 g/mol. The summed E-state index contributed by atoms with van der Waals surface area (Å²) in [5.74, 6) is -0.284. The average Bonchev–Trinajstić information content (AvgIpc) is 3.39. The summed E-state index contributed by atoms with van der Waals surface area (Å²) in [6, 6.07) is 9.37. The van der Waals surface area contributed by atoms with Gasteiger partial charge in [0.25, 0.3) is 11.8 Å². The number of nitrogens with zero attached hydrogens (tertiary/aromatic N) is 1. The van der Waals surface area contributed by atoms with Crippen LogP contribution in [0.5, 0.6) is 5.75 Å². The first-order valence-electron chi connectivity index (χ1n) is 10.5. The van der Waals surface area contributed by atoms with E-state index in [-0.39, 0.29) is 11.5 Å². The van der Waals surface area contributed by atoms with E-state index >= 15 is 0 Å². The third kappa shape index (κ3) is 3.83. The van der Waals surface area contributed by atoms with Crippen molar-refractivity contribution in [3.63, 3.8) is 0 Å². The predicted molar refractivity (Wildman–Crippen MR) is 133 cm³/mol. The van der Waals surface area contributed by atoms with Crippen molar-refractivity contribution in [2.24, 2.45) is 5.73 Å². The van der Waals surface area contributed by atoms with Gasteiger partial charge in [-0.25, -0.2) is 4.98 Å². The number of aromatic nitrogens is 1. The van der Waals surface area contributed by atoms with Gasteiger partial charge in [0.05, 0.1) is 18.4 Å². The molecule has 33 heavy (non-hydrogen) atoms. The molecule has 5 rings (SSSR count). The standard InChI is InChI=1S/C24H22N4O3S2/c1-31-14-8-6-12(7-9-14)16-11-32-24(18(16)21(26)29)28-22(30)20-19(25)15-10-13-4-2-3-5-17(13)27-23(15)33-20/h6-11H,2-5,25H2,1H3,(H2,26,29)(H,28,30). The fourth-order valence-corrected chi connectivity index (χ4v) is 6.13. The molecule has 1 aromatic carbocycles. The first kappa shape index (κ1) is 21.4. The van der Waals surface area contributed by atoms with Gasteiger partial charge in [0.2, 0.25) is 0 Å². The highest BCUT2D eigenvalue weighted by molar-refractivity contribution is 7.21. The van der Waals surface area contributed by atoms with Crippen LogP contribution in [0.15, 0.2) is 35.7 Å². The number of hydrogen-bond donors (Lipinski definition) is 3. The highest BCUT2D eigenvalue weighted by Crippen LogP contribution is 2.39. The monoisotopic (exact) mass is 478 g/mol. The number of anilines is 2. The number of ether oxygens (including phenoxy) is 1. The number of nitrogen functional groups attached to an aromatic ring is 1. The van der Waals surface area contributed by atoms with Crippen LogP contribution in [0.25, 0.3) is 21.3 Å². The number of aryl methyl sites for hydroxylation is 2. The fraction of sp³-hybridized carbons (Fsp3) is 0.208. The number of amides is 2. The lowest BCUT2D eigenvalue weighted by molar-refractivity contribution is 0.100. The maximum Gasteiger partial charge on any atom is 0.268 e. The smallest absolute Gasteiger partial charge is 0.268 e. The largest absolute Gasteiger partial charge is 0.497 e. The molecule has 0 saturated heterocycles. The summed E-state index contributed by atoms with van der Waals surface area (Å²) in [6.07, 6.45) is 4.21. The second-order valence-electron chi connectivity index (χ2n) is 7.90. The number of benzene rings is 1. The molecule has 0 bridgehead atoms. The Bertz CT molecular complexity index is 1390. The number of carbonyl (C=O) groups excluding carboxylic acids is 2. The van der Waals surface area contributed by atoms with E-state index in [0.29, 0.717) is 26.9 Å². The van der Waals surface area contributed by atoms with Crippen LogP contribution >= 0.6 is 22.7 Å². The van der Waals surface area contributed by atoms with E-state index in [9.17, 15) is 9.59 Å². The molecule has 0 saturated carbocycles. The normalized spacial score (nSPS) is 13.0. The van der Waals surface area contributed by atoms with E-state index in [2.05, 4.69) is 11.4 Å². The van der Waals surface area contributed by atoms with Crippen molar-refractivity contribution in [1.29, 1.82) is 0 Å². The molecule has 0 radical (unpaired) electrons. The van der Waals surface area contributed by atoms with Gasteiger partial charge < -0.3 is 21.5 Å². The number of fused-ring (bicyclic) bond motifs is 2. The van der Waals surface area contributed by atoms with Crippen LogP contribution in [0.1, 0.15) is 44.1 Å². The molecule has 3 aromatic heterocycles. The molecule has 0 fully saturated rings. The van der Waals surface area contributed by atoms with Gasteiger partial charge in [-0.3, -0.25) is 9.59 Å². The van der Waals surface area contributed by atoms with Gasteiger partial charge in [-0.15, -0.1) is 22.7 Å². The minimum Gasteiger partial charge on any atom is -0.497 e. The van der Waals surface area contributed by atoms with E-state index in [0.717, 1.165) is 47.2 Å². The third-order valence-electron chi connectivity index (χ3n) is 5.87. The third-order valence-corrected chi connectivity index (χ3v) is 7.88. The zero-order chi connectivity index (χ0) is 23.1. The number of nitrogens with two attached hydrogens (primary N) is 2. The lowest BCUT2D eigenvalue weighted by atomic mass is 9.95. The van der Waals surface area contributed by atoms with Crippen molar-refractivity contribution in [3.05, 3.63) is 57.4 Å². The summed E-state index contributed by atoms with van der Waals surface area (Å²) in [5, 5.41) is 5.86. The highest BCUT2D eigenvalue weighted by Gasteiger charge is 2.24. The zero-order valence-corrected chi connectivity index (χ0v) is 19.6. The van der Waals surface area contributed by atoms with Crippen LogP contribution in [0, 0.1) is 0 Å². The molecule has 7 nitrogen and oxygen atoms in total. The Morgan fingerprint density at radius 1 is 1.15 bits per heavy atom. The van der Waals surface area contributed by atoms with Crippen molar-refractivity contribution in [3.8, 4) is 16.9 Å². The SMILES string of the molecule is COc1ccc(-c2csc(NC(=O)c3sc4nc5c(cc4c3N)CCCC5)c2C(N)=O)cc1. The van der Waals surface area contributed by atoms with Gasteiger partial charge in [-0.05, 0) is 55.0 Å². The van der Waals surface area contributed by atoms with E-state index in [1.807, 2.05) is 12.1 Å². The van der Waals surface area contributed by atoms with Crippen molar-refractivity contribution >= 4 is 55.4 Å². The molecule has 1 aliphatic rings. The molecular weight excluding hydrogens is 456 g/mol. The lowest BCUT2D eigenvalue weighted by Gasteiger charge is -2.14. The Morgan fingerprint density at radius 2 is 1.91 bits per heavy atom. The minimum absolute atomic E-state index is 0.270. The van der Waals surface area contributed by atoms with Crippen LogP contribution < -0.4 is 21.5 Å². The van der Waals surface area contributed by atoms with Crippen molar-refractivity contribution in [2.45, 2.75) is 25.7 Å².